The number of para-hydroxylation sites is 1. The van der Waals surface area contributed by atoms with Crippen LogP contribution >= 0.6 is 0 Å². The van der Waals surface area contributed by atoms with Crippen molar-refractivity contribution in [3.8, 4) is 0 Å². The lowest BCUT2D eigenvalue weighted by molar-refractivity contribution is -0.122. The van der Waals surface area contributed by atoms with E-state index in [9.17, 15) is 9.59 Å². The number of benzene rings is 3. The lowest BCUT2D eigenvalue weighted by atomic mass is 9.83. The van der Waals surface area contributed by atoms with E-state index < -0.39 is 11.6 Å². The highest BCUT2D eigenvalue weighted by Crippen LogP contribution is 2.32. The second-order valence-electron chi connectivity index (χ2n) is 6.73. The summed E-state index contributed by atoms with van der Waals surface area (Å²) in [4.78, 5) is 23.9. The molecule has 0 aliphatic carbocycles. The Morgan fingerprint density at radius 2 is 1.33 bits per heavy atom. The van der Waals surface area contributed by atoms with Gasteiger partial charge < -0.3 is 5.32 Å². The molecule has 5 rings (SSSR count). The summed E-state index contributed by atoms with van der Waals surface area (Å²) in [7, 11) is 0. The van der Waals surface area contributed by atoms with Crippen LogP contribution < -0.4 is 16.1 Å². The summed E-state index contributed by atoms with van der Waals surface area (Å²) in [5, 5.41) is 9.02. The Morgan fingerprint density at radius 1 is 0.733 bits per heavy atom. The quantitative estimate of drug-likeness (QED) is 0.575. The predicted molar refractivity (Wildman–Crippen MR) is 118 cm³/mol. The monoisotopic (exact) mass is 396 g/mol. The average molecular weight is 396 g/mol. The van der Waals surface area contributed by atoms with Crippen LogP contribution in [-0.4, -0.2) is 18.2 Å². The number of allylic oxidation sites excluding steroid dienone is 1. The van der Waals surface area contributed by atoms with Crippen LogP contribution in [0.1, 0.15) is 16.7 Å². The molecule has 0 spiro atoms. The van der Waals surface area contributed by atoms with Crippen molar-refractivity contribution >= 4 is 29.9 Å². The van der Waals surface area contributed by atoms with Gasteiger partial charge in [0.2, 0.25) is 0 Å². The van der Waals surface area contributed by atoms with Crippen LogP contribution in [0.4, 0.5) is 10.5 Å². The number of urea groups is 1. The number of nitrogens with zero attached hydrogens (tertiary/aromatic N) is 1. The first-order valence-corrected chi connectivity index (χ1v) is 9.49. The third-order valence-electron chi connectivity index (χ3n) is 4.86. The maximum Gasteiger partial charge on any atom is 0.322 e. The van der Waals surface area contributed by atoms with Crippen molar-refractivity contribution in [3.63, 3.8) is 0 Å². The smallest absolute Gasteiger partial charge is 0.316 e. The fourth-order valence-electron chi connectivity index (χ4n) is 3.45. The largest absolute Gasteiger partial charge is 0.322 e. The van der Waals surface area contributed by atoms with Crippen LogP contribution in [0.3, 0.4) is 0 Å². The van der Waals surface area contributed by atoms with Gasteiger partial charge >= 0.3 is 6.03 Å². The minimum atomic E-state index is -1.14. The number of amides is 3. The topological polar surface area (TPSA) is 82.6 Å². The van der Waals surface area contributed by atoms with Crippen molar-refractivity contribution in [1.82, 2.24) is 10.6 Å². The van der Waals surface area contributed by atoms with Gasteiger partial charge in [-0.25, -0.2) is 4.79 Å². The van der Waals surface area contributed by atoms with Crippen molar-refractivity contribution < 1.29 is 9.59 Å². The molecule has 3 N–H and O–H groups in total. The number of anilines is 1. The maximum atomic E-state index is 12.3. The molecular weight excluding hydrogens is 376 g/mol. The number of hydrogen-bond donors (Lipinski definition) is 3. The fraction of sp³-hybridized carbons (Fsp3) is 0.0417. The first-order chi connectivity index (χ1) is 14.7. The molecule has 3 aromatic rings. The summed E-state index contributed by atoms with van der Waals surface area (Å²) in [6, 6.07) is 26.0. The molecule has 6 nitrogen and oxygen atoms in total. The van der Waals surface area contributed by atoms with Crippen LogP contribution in [0.15, 0.2) is 96.1 Å². The zero-order valence-corrected chi connectivity index (χ0v) is 16.1. The third kappa shape index (κ3) is 3.71. The van der Waals surface area contributed by atoms with E-state index in [1.54, 1.807) is 6.21 Å². The van der Waals surface area contributed by atoms with Gasteiger partial charge in [-0.1, -0.05) is 84.9 Å². The van der Waals surface area contributed by atoms with Gasteiger partial charge in [0.15, 0.2) is 5.54 Å². The Kier molecular flexibility index (Phi) is 5.39. The standard InChI is InChI=1S/C15H12N2O2.C9H8N2/c18-13-15(17-14(19)16-13,11-7-3-1-4-8-11)12-9-5-2-6-10-12;1-2-6-9-8(4-1)5-3-7-10-11-9/h1-10H,(H2,16,17,18,19);1-7,11H. The first-order valence-electron chi connectivity index (χ1n) is 9.49. The zero-order valence-electron chi connectivity index (χ0n) is 16.1. The van der Waals surface area contributed by atoms with Gasteiger partial charge in [-0.2, -0.15) is 5.10 Å². The van der Waals surface area contributed by atoms with Gasteiger partial charge in [0.1, 0.15) is 0 Å². The molecule has 0 unspecified atom stereocenters. The van der Waals surface area contributed by atoms with Crippen LogP contribution in [0, 0.1) is 0 Å². The lowest BCUT2D eigenvalue weighted by Gasteiger charge is -2.27. The highest BCUT2D eigenvalue weighted by atomic mass is 16.2. The number of fused-ring (bicyclic) bond motifs is 1. The maximum absolute atomic E-state index is 12.3. The third-order valence-corrected chi connectivity index (χ3v) is 4.86. The van der Waals surface area contributed by atoms with Gasteiger partial charge in [0, 0.05) is 6.21 Å². The van der Waals surface area contributed by atoms with E-state index in [4.69, 9.17) is 0 Å². The van der Waals surface area contributed by atoms with Crippen molar-refractivity contribution in [2.75, 3.05) is 5.43 Å². The van der Waals surface area contributed by atoms with Gasteiger partial charge in [-0.3, -0.25) is 15.5 Å². The van der Waals surface area contributed by atoms with E-state index in [2.05, 4.69) is 21.2 Å². The molecule has 30 heavy (non-hydrogen) atoms. The van der Waals surface area contributed by atoms with Crippen molar-refractivity contribution in [2.24, 2.45) is 5.10 Å². The van der Waals surface area contributed by atoms with Gasteiger partial charge in [-0.15, -0.1) is 0 Å². The summed E-state index contributed by atoms with van der Waals surface area (Å²) >= 11 is 0. The normalized spacial score (nSPS) is 15.6. The molecular formula is C24H20N4O2. The second kappa shape index (κ2) is 8.45. The summed E-state index contributed by atoms with van der Waals surface area (Å²) < 4.78 is 0. The molecule has 0 aromatic heterocycles. The van der Waals surface area contributed by atoms with E-state index in [1.165, 1.54) is 5.56 Å². The highest BCUT2D eigenvalue weighted by molar-refractivity contribution is 6.09. The Hall–Kier alpha value is -4.19. The molecule has 2 heterocycles. The minimum Gasteiger partial charge on any atom is -0.316 e. The van der Waals surface area contributed by atoms with E-state index in [-0.39, 0.29) is 5.91 Å². The minimum absolute atomic E-state index is 0.352. The van der Waals surface area contributed by atoms with Gasteiger partial charge in [0.25, 0.3) is 5.91 Å². The SMILES string of the molecule is C1=Cc2ccccc2NN=C1.O=C1NC(=O)C(c2ccccc2)(c2ccccc2)N1. The van der Waals surface area contributed by atoms with Crippen molar-refractivity contribution in [1.29, 1.82) is 0 Å². The Labute approximate surface area is 174 Å². The number of carbonyl (C=O) groups excluding carboxylic acids is 2. The van der Waals surface area contributed by atoms with Crippen LogP contribution in [-0.2, 0) is 10.3 Å². The number of hydrazone groups is 1. The summed E-state index contributed by atoms with van der Waals surface area (Å²) in [6.07, 6.45) is 5.68. The van der Waals surface area contributed by atoms with Gasteiger partial charge in [-0.05, 0) is 28.8 Å². The van der Waals surface area contributed by atoms with Crippen LogP contribution in [0.5, 0.6) is 0 Å². The molecule has 2 aliphatic rings. The first kappa shape index (κ1) is 19.1. The van der Waals surface area contributed by atoms with Crippen LogP contribution in [0.2, 0.25) is 0 Å². The van der Waals surface area contributed by atoms with Gasteiger partial charge in [0.05, 0.1) is 5.69 Å². The van der Waals surface area contributed by atoms with E-state index in [1.807, 2.05) is 97.1 Å². The lowest BCUT2D eigenvalue weighted by Crippen LogP contribution is -2.44. The summed E-state index contributed by atoms with van der Waals surface area (Å²) in [6.45, 7) is 0. The van der Waals surface area contributed by atoms with Crippen molar-refractivity contribution in [2.45, 2.75) is 5.54 Å². The summed E-state index contributed by atoms with van der Waals surface area (Å²) in [5.41, 5.74) is 5.50. The predicted octanol–water partition coefficient (Wildman–Crippen LogP) is 3.88. The Balaban J connectivity index is 0.000000168. The molecule has 6 heteroatoms. The molecule has 3 aromatic carbocycles. The number of carbonyl (C=O) groups is 2. The fourth-order valence-corrected chi connectivity index (χ4v) is 3.45. The second-order valence-corrected chi connectivity index (χ2v) is 6.73. The molecule has 148 valence electrons. The number of hydrogen-bond acceptors (Lipinski definition) is 4. The highest BCUT2D eigenvalue weighted by Gasteiger charge is 2.48. The molecule has 1 fully saturated rings. The molecule has 2 aliphatic heterocycles. The molecule has 0 bridgehead atoms. The molecule has 0 saturated carbocycles. The zero-order chi connectivity index (χ0) is 20.8. The number of imide groups is 1. The molecule has 0 atom stereocenters. The molecule has 0 radical (unpaired) electrons. The van der Waals surface area contributed by atoms with Crippen LogP contribution in [0.25, 0.3) is 6.08 Å². The van der Waals surface area contributed by atoms with E-state index >= 15 is 0 Å². The Bertz CT molecular complexity index is 1070. The van der Waals surface area contributed by atoms with E-state index in [0.717, 1.165) is 16.8 Å². The Morgan fingerprint density at radius 3 is 1.93 bits per heavy atom. The van der Waals surface area contributed by atoms with E-state index in [0.29, 0.717) is 0 Å². The molecule has 1 saturated heterocycles. The average Bonchev–Trinajstić information content (AvgIpc) is 2.95. The number of rotatable bonds is 2. The molecule has 3 amide bonds. The number of nitrogens with one attached hydrogen (secondary N) is 3. The summed E-state index contributed by atoms with van der Waals surface area (Å²) in [5.74, 6) is -0.352. The van der Waals surface area contributed by atoms with Crippen molar-refractivity contribution in [3.05, 3.63) is 108 Å².